The van der Waals surface area contributed by atoms with Gasteiger partial charge in [-0.3, -0.25) is 4.79 Å². The Kier molecular flexibility index (Phi) is 7.89. The largest absolute Gasteiger partial charge is 0.351 e. The molecule has 0 aliphatic carbocycles. The number of nitriles is 1. The highest BCUT2D eigenvalue weighted by Gasteiger charge is 2.27. The Morgan fingerprint density at radius 2 is 1.59 bits per heavy atom. The van der Waals surface area contributed by atoms with Crippen LogP contribution in [0.5, 0.6) is 0 Å². The number of aliphatic imine (C=N–C) groups is 1. The first-order chi connectivity index (χ1) is 13.7. The zero-order valence-electron chi connectivity index (χ0n) is 16.5. The van der Waals surface area contributed by atoms with Crippen molar-refractivity contribution in [3.05, 3.63) is 69.7 Å². The summed E-state index contributed by atoms with van der Waals surface area (Å²) in [6.45, 7) is 6.34. The number of hydrogen-bond donors (Lipinski definition) is 3. The highest BCUT2D eigenvalue weighted by Crippen LogP contribution is 2.18. The normalized spacial score (nSPS) is 12.6. The summed E-state index contributed by atoms with van der Waals surface area (Å²) >= 11 is 11.8. The summed E-state index contributed by atoms with van der Waals surface area (Å²) < 4.78 is 0. The number of benzene rings is 2. The molecule has 8 heteroatoms. The van der Waals surface area contributed by atoms with Crippen LogP contribution in [0.1, 0.15) is 36.7 Å². The molecule has 0 aliphatic heterocycles. The number of amides is 1. The van der Waals surface area contributed by atoms with Gasteiger partial charge in [-0.25, -0.2) is 0 Å². The van der Waals surface area contributed by atoms with E-state index < -0.39 is 6.17 Å². The van der Waals surface area contributed by atoms with Crippen molar-refractivity contribution in [2.45, 2.75) is 33.5 Å². The van der Waals surface area contributed by atoms with Crippen molar-refractivity contribution >= 4 is 35.1 Å². The third-order valence-electron chi connectivity index (χ3n) is 4.06. The molecular formula is C21H23Cl2N5O. The molecule has 6 nitrogen and oxygen atoms in total. The molecule has 0 spiro atoms. The third-order valence-corrected chi connectivity index (χ3v) is 4.57. The number of nitrogens with zero attached hydrogens (tertiary/aromatic N) is 2. The summed E-state index contributed by atoms with van der Waals surface area (Å²) in [6.07, 6.45) is 1.29. The van der Waals surface area contributed by atoms with E-state index in [0.717, 1.165) is 5.56 Å². The highest BCUT2D eigenvalue weighted by molar-refractivity contribution is 6.30. The molecule has 0 saturated heterocycles. The number of guanidine groups is 1. The minimum absolute atomic E-state index is 0.261. The minimum Gasteiger partial charge on any atom is -0.351 e. The summed E-state index contributed by atoms with van der Waals surface area (Å²) in [6, 6.07) is 14.0. The quantitative estimate of drug-likeness (QED) is 0.284. The second-order valence-corrected chi connectivity index (χ2v) is 8.34. The van der Waals surface area contributed by atoms with Crippen LogP contribution in [0, 0.1) is 16.9 Å². The van der Waals surface area contributed by atoms with Crippen LogP contribution in [0.15, 0.2) is 53.5 Å². The van der Waals surface area contributed by atoms with Gasteiger partial charge in [0.15, 0.2) is 0 Å². The second-order valence-electron chi connectivity index (χ2n) is 7.46. The van der Waals surface area contributed by atoms with E-state index in [9.17, 15) is 4.79 Å². The molecule has 3 N–H and O–H groups in total. The van der Waals surface area contributed by atoms with E-state index in [1.807, 2.05) is 32.9 Å². The lowest BCUT2D eigenvalue weighted by Crippen LogP contribution is -2.57. The van der Waals surface area contributed by atoms with E-state index >= 15 is 0 Å². The molecule has 1 atom stereocenters. The molecule has 2 rings (SSSR count). The Balaban J connectivity index is 2.10. The molecule has 1 unspecified atom stereocenters. The number of carbonyl (C=O) groups is 1. The van der Waals surface area contributed by atoms with Crippen LogP contribution in [0.4, 0.5) is 0 Å². The fraction of sp³-hybridized carbons (Fsp3) is 0.286. The maximum Gasteiger partial charge on any atom is 0.252 e. The zero-order valence-corrected chi connectivity index (χ0v) is 18.0. The average Bonchev–Trinajstić information content (AvgIpc) is 2.66. The van der Waals surface area contributed by atoms with Crippen molar-refractivity contribution in [3.8, 4) is 6.19 Å². The Hall–Kier alpha value is -2.75. The average molecular weight is 432 g/mol. The van der Waals surface area contributed by atoms with Gasteiger partial charge in [0, 0.05) is 27.6 Å². The van der Waals surface area contributed by atoms with Crippen molar-refractivity contribution in [2.75, 3.05) is 0 Å². The second kappa shape index (κ2) is 10.1. The first-order valence-electron chi connectivity index (χ1n) is 8.97. The van der Waals surface area contributed by atoms with Crippen LogP contribution < -0.4 is 16.0 Å². The summed E-state index contributed by atoms with van der Waals surface area (Å²) in [5, 5.41) is 19.4. The van der Waals surface area contributed by atoms with Gasteiger partial charge in [-0.1, -0.05) is 56.1 Å². The number of nitrogens with one attached hydrogen (secondary N) is 3. The summed E-state index contributed by atoms with van der Waals surface area (Å²) in [4.78, 5) is 16.4. The lowest BCUT2D eigenvalue weighted by Gasteiger charge is -2.33. The fourth-order valence-corrected chi connectivity index (χ4v) is 2.63. The lowest BCUT2D eigenvalue weighted by atomic mass is 9.92. The molecule has 0 fully saturated rings. The molecule has 0 aromatic heterocycles. The topological polar surface area (TPSA) is 89.3 Å². The van der Waals surface area contributed by atoms with E-state index in [1.165, 1.54) is 0 Å². The van der Waals surface area contributed by atoms with Crippen LogP contribution in [0.25, 0.3) is 0 Å². The summed E-state index contributed by atoms with van der Waals surface area (Å²) in [5.41, 5.74) is 1.10. The smallest absolute Gasteiger partial charge is 0.252 e. The number of halogens is 2. The van der Waals surface area contributed by atoms with Gasteiger partial charge in [-0.15, -0.1) is 4.99 Å². The minimum atomic E-state index is -0.490. The van der Waals surface area contributed by atoms with E-state index in [2.05, 4.69) is 20.9 Å². The fourth-order valence-electron chi connectivity index (χ4n) is 2.38. The molecule has 0 bridgehead atoms. The molecule has 1 amide bonds. The number of hydrogen-bond acceptors (Lipinski definition) is 3. The maximum atomic E-state index is 12.6. The van der Waals surface area contributed by atoms with E-state index in [0.29, 0.717) is 22.2 Å². The number of rotatable bonds is 5. The number of carbonyl (C=O) groups excluding carboxylic acids is 1. The third kappa shape index (κ3) is 7.30. The Labute approximate surface area is 180 Å². The van der Waals surface area contributed by atoms with Crippen LogP contribution in [0.2, 0.25) is 10.0 Å². The van der Waals surface area contributed by atoms with Gasteiger partial charge in [-0.2, -0.15) is 5.26 Å². The SMILES string of the molecule is CC(C)(C)C(NC(=O)c1ccc(Cl)cc1)N/C(=N\C#N)NCc1ccc(Cl)cc1. The van der Waals surface area contributed by atoms with E-state index in [4.69, 9.17) is 28.5 Å². The van der Waals surface area contributed by atoms with Crippen LogP contribution >= 0.6 is 23.2 Å². The molecule has 2 aromatic carbocycles. The van der Waals surface area contributed by atoms with Gasteiger partial charge in [0.25, 0.3) is 5.91 Å². The van der Waals surface area contributed by atoms with Crippen LogP contribution in [-0.4, -0.2) is 18.0 Å². The molecule has 152 valence electrons. The predicted octanol–water partition coefficient (Wildman–Crippen LogP) is 4.31. The van der Waals surface area contributed by atoms with Gasteiger partial charge in [0.05, 0.1) is 0 Å². The summed E-state index contributed by atoms with van der Waals surface area (Å²) in [5.74, 6) is 0.00174. The standard InChI is InChI=1S/C21H23Cl2N5O/c1-21(2,3)19(27-18(29)15-6-10-17(23)11-7-15)28-20(26-13-24)25-12-14-4-8-16(22)9-5-14/h4-11,19H,12H2,1-3H3,(H,27,29)(H2,25,26,28). The molecule has 29 heavy (non-hydrogen) atoms. The highest BCUT2D eigenvalue weighted by atomic mass is 35.5. The molecule has 0 heterocycles. The van der Waals surface area contributed by atoms with Crippen LogP contribution in [-0.2, 0) is 6.54 Å². The van der Waals surface area contributed by atoms with Crippen molar-refractivity contribution in [3.63, 3.8) is 0 Å². The van der Waals surface area contributed by atoms with Gasteiger partial charge in [0.1, 0.15) is 6.17 Å². The lowest BCUT2D eigenvalue weighted by molar-refractivity contribution is 0.0894. The summed E-state index contributed by atoms with van der Waals surface area (Å²) in [7, 11) is 0. The Morgan fingerprint density at radius 3 is 2.10 bits per heavy atom. The van der Waals surface area contributed by atoms with E-state index in [1.54, 1.807) is 42.6 Å². The first-order valence-corrected chi connectivity index (χ1v) is 9.72. The molecule has 2 aromatic rings. The molecule has 0 saturated carbocycles. The van der Waals surface area contributed by atoms with Gasteiger partial charge in [0.2, 0.25) is 12.2 Å². The Bertz CT molecular complexity index is 897. The monoisotopic (exact) mass is 431 g/mol. The molecule has 0 aliphatic rings. The van der Waals surface area contributed by atoms with Crippen molar-refractivity contribution < 1.29 is 4.79 Å². The van der Waals surface area contributed by atoms with Crippen molar-refractivity contribution in [2.24, 2.45) is 10.4 Å². The predicted molar refractivity (Wildman–Crippen MR) is 117 cm³/mol. The molecular weight excluding hydrogens is 409 g/mol. The van der Waals surface area contributed by atoms with E-state index in [-0.39, 0.29) is 17.3 Å². The maximum absolute atomic E-state index is 12.6. The van der Waals surface area contributed by atoms with Crippen molar-refractivity contribution in [1.82, 2.24) is 16.0 Å². The zero-order chi connectivity index (χ0) is 21.4. The van der Waals surface area contributed by atoms with Crippen LogP contribution in [0.3, 0.4) is 0 Å². The van der Waals surface area contributed by atoms with Gasteiger partial charge >= 0.3 is 0 Å². The molecule has 0 radical (unpaired) electrons. The van der Waals surface area contributed by atoms with Crippen molar-refractivity contribution in [1.29, 1.82) is 5.26 Å². The van der Waals surface area contributed by atoms with Gasteiger partial charge < -0.3 is 16.0 Å². The first kappa shape index (κ1) is 22.5. The Morgan fingerprint density at radius 1 is 1.03 bits per heavy atom. The van der Waals surface area contributed by atoms with Gasteiger partial charge in [-0.05, 0) is 42.0 Å².